The Hall–Kier alpha value is 0. The molecule has 9 aliphatic carbocycles. The lowest BCUT2D eigenvalue weighted by Crippen LogP contribution is -3.09. The summed E-state index contributed by atoms with van der Waals surface area (Å²) in [5, 5.41) is 0. The van der Waals surface area contributed by atoms with Crippen LogP contribution in [0.4, 0.5) is 0 Å². The van der Waals surface area contributed by atoms with Gasteiger partial charge in [-0.15, -0.1) is 0 Å². The van der Waals surface area contributed by atoms with E-state index in [0.29, 0.717) is 0 Å². The third-order valence-corrected chi connectivity index (χ3v) is 10.9. The van der Waals surface area contributed by atoms with Crippen LogP contribution in [0, 0.1) is 69.0 Å². The molecule has 0 aromatic rings. The van der Waals surface area contributed by atoms with Crippen LogP contribution in [0.1, 0.15) is 19.3 Å². The molecule has 0 aliphatic heterocycles. The van der Waals surface area contributed by atoms with Crippen LogP contribution in [0.5, 0.6) is 0 Å². The quantitative estimate of drug-likeness (QED) is 0.554. The zero-order chi connectivity index (χ0) is 8.74. The fraction of sp³-hybridized carbons (Fsp3) is 1.00. The van der Waals surface area contributed by atoms with Crippen molar-refractivity contribution in [2.75, 3.05) is 0 Å². The molecule has 9 fully saturated rings. The first-order valence-corrected chi connectivity index (χ1v) is 7.42. The summed E-state index contributed by atoms with van der Waals surface area (Å²) in [7, 11) is 0. The van der Waals surface area contributed by atoms with E-state index in [9.17, 15) is 0 Å². The van der Waals surface area contributed by atoms with Gasteiger partial charge in [-0.1, -0.05) is 0 Å². The summed E-state index contributed by atoms with van der Waals surface area (Å²) in [4.78, 5) is 0. The lowest BCUT2D eigenvalue weighted by molar-refractivity contribution is -0.658. The molecule has 0 amide bonds. The van der Waals surface area contributed by atoms with Crippen molar-refractivity contribution in [2.45, 2.75) is 19.3 Å². The van der Waals surface area contributed by atoms with Gasteiger partial charge in [-0.05, 0) is 88.3 Å². The average molecular weight is 194 g/mol. The molecule has 0 saturated heterocycles. The largest absolute Gasteiger partial charge is 0.0461 e. The van der Waals surface area contributed by atoms with E-state index in [4.69, 9.17) is 0 Å². The van der Waals surface area contributed by atoms with E-state index in [1.54, 1.807) is 19.3 Å². The van der Waals surface area contributed by atoms with Crippen LogP contribution in [0.2, 0.25) is 0 Å². The Morgan fingerprint density at radius 3 is 2.53 bits per heavy atom. The molecule has 15 heavy (non-hydrogen) atoms. The van der Waals surface area contributed by atoms with Gasteiger partial charge in [0, 0.05) is 0 Å². The van der Waals surface area contributed by atoms with Crippen molar-refractivity contribution in [3.63, 3.8) is 0 Å². The van der Waals surface area contributed by atoms with E-state index < -0.39 is 0 Å². The first-order valence-electron chi connectivity index (χ1n) is 7.42. The zero-order valence-electron chi connectivity index (χ0n) is 8.74. The molecule has 0 heteroatoms. The van der Waals surface area contributed by atoms with E-state index in [1.165, 1.54) is 47.3 Å². The van der Waals surface area contributed by atoms with Gasteiger partial charge in [-0.2, -0.15) is 0 Å². The monoisotopic (exact) mass is 194 g/mol. The first kappa shape index (κ1) is 5.56. The van der Waals surface area contributed by atoms with Gasteiger partial charge in [0.25, 0.3) is 0 Å². The van der Waals surface area contributed by atoms with Gasteiger partial charge < -0.3 is 0 Å². The second-order valence-electron chi connectivity index (χ2n) is 8.91. The molecule has 9 aliphatic rings. The SMILES string of the molecule is C1C2CC3C24C1C1C2CC5C6C7C52C14C637. The predicted octanol–water partition coefficient (Wildman–Crippen LogP) is 2.15. The molecule has 12 atom stereocenters. The lowest BCUT2D eigenvalue weighted by atomic mass is 8.92. The summed E-state index contributed by atoms with van der Waals surface area (Å²) in [6, 6.07) is 0. The maximum absolute atomic E-state index is 1.72. The van der Waals surface area contributed by atoms with Crippen molar-refractivity contribution in [1.29, 1.82) is 0 Å². The number of hydrogen-bond acceptors (Lipinski definition) is 0. The highest BCUT2D eigenvalue weighted by atomic mass is 15.3. The summed E-state index contributed by atoms with van der Waals surface area (Å²) in [6.07, 6.45) is 5.14. The first-order chi connectivity index (χ1) is 7.42. The minimum absolute atomic E-state index is 1.09. The van der Waals surface area contributed by atoms with Gasteiger partial charge in [0.05, 0.1) is 0 Å². The van der Waals surface area contributed by atoms with E-state index >= 15 is 0 Å². The fourth-order valence-corrected chi connectivity index (χ4v) is 12.2. The van der Waals surface area contributed by atoms with Crippen LogP contribution in [0.3, 0.4) is 0 Å². The third-order valence-electron chi connectivity index (χ3n) is 10.9. The van der Waals surface area contributed by atoms with Crippen molar-refractivity contribution in [2.24, 2.45) is 69.0 Å². The maximum Gasteiger partial charge on any atom is -0.00686 e. The van der Waals surface area contributed by atoms with Crippen LogP contribution in [0.25, 0.3) is 0 Å². The Kier molecular flexibility index (Phi) is 0.337. The van der Waals surface area contributed by atoms with Crippen molar-refractivity contribution < 1.29 is 0 Å². The molecule has 74 valence electrons. The molecule has 0 aromatic carbocycles. The number of rotatable bonds is 0. The van der Waals surface area contributed by atoms with E-state index in [0.717, 1.165) is 21.7 Å². The van der Waals surface area contributed by atoms with Crippen LogP contribution < -0.4 is 0 Å². The molecule has 0 nitrogen and oxygen atoms in total. The summed E-state index contributed by atoms with van der Waals surface area (Å²) >= 11 is 0. The predicted molar refractivity (Wildman–Crippen MR) is 51.5 cm³/mol. The van der Waals surface area contributed by atoms with Crippen molar-refractivity contribution >= 4 is 0 Å². The Labute approximate surface area is 88.8 Å². The van der Waals surface area contributed by atoms with E-state index in [1.807, 2.05) is 0 Å². The third kappa shape index (κ3) is 0.158. The Bertz CT molecular complexity index is 561. The van der Waals surface area contributed by atoms with Gasteiger partial charge in [0.2, 0.25) is 0 Å². The normalized spacial score (nSPS) is 114. The number of fused-ring (bicyclic) bond motifs is 3. The minimum atomic E-state index is 1.09. The maximum atomic E-state index is 1.72. The highest BCUT2D eigenvalue weighted by Crippen LogP contribution is 3.30. The lowest BCUT2D eigenvalue weighted by Gasteiger charge is -3.12. The molecule has 9 rings (SSSR count). The molecule has 0 heterocycles. The molecule has 12 unspecified atom stereocenters. The van der Waals surface area contributed by atoms with Gasteiger partial charge >= 0.3 is 0 Å². The highest BCUT2D eigenvalue weighted by Gasteiger charge is 3.27. The van der Waals surface area contributed by atoms with Crippen LogP contribution in [-0.4, -0.2) is 0 Å². The number of hydrogen-bond donors (Lipinski definition) is 0. The molecular weight excluding hydrogens is 180 g/mol. The van der Waals surface area contributed by atoms with Crippen LogP contribution in [-0.2, 0) is 0 Å². The zero-order valence-corrected chi connectivity index (χ0v) is 8.74. The van der Waals surface area contributed by atoms with Gasteiger partial charge in [-0.25, -0.2) is 0 Å². The standard InChI is InChI=1S/C15H14/c1-4-2-8-12(4)5(1)9-6-3-7-10-11-13(6,7)15(9,12)14(8,10)11/h4-11H,1-3H2. The Morgan fingerprint density at radius 1 is 0.733 bits per heavy atom. The summed E-state index contributed by atoms with van der Waals surface area (Å²) < 4.78 is 0. The van der Waals surface area contributed by atoms with Gasteiger partial charge in [0.1, 0.15) is 0 Å². The summed E-state index contributed by atoms with van der Waals surface area (Å²) in [5.74, 6) is 10.6. The van der Waals surface area contributed by atoms with Crippen molar-refractivity contribution in [3.8, 4) is 0 Å². The Morgan fingerprint density at radius 2 is 1.60 bits per heavy atom. The molecule has 9 saturated carbocycles. The average Bonchev–Trinajstić information content (AvgIpc) is 2.68. The second kappa shape index (κ2) is 0.910. The van der Waals surface area contributed by atoms with E-state index in [2.05, 4.69) is 0 Å². The summed E-state index contributed by atoms with van der Waals surface area (Å²) in [5.41, 5.74) is 4.41. The van der Waals surface area contributed by atoms with E-state index in [-0.39, 0.29) is 0 Å². The van der Waals surface area contributed by atoms with Crippen molar-refractivity contribution in [1.82, 2.24) is 0 Å². The smallest absolute Gasteiger partial charge is 0.00686 e. The molecule has 0 aromatic heterocycles. The topological polar surface area (TPSA) is 0 Å². The molecular formula is C15H14. The highest BCUT2D eigenvalue weighted by molar-refractivity contribution is 5.73. The Balaban J connectivity index is 1.56. The molecule has 4 spiro atoms. The van der Waals surface area contributed by atoms with Gasteiger partial charge in [-0.3, -0.25) is 0 Å². The van der Waals surface area contributed by atoms with Gasteiger partial charge in [0.15, 0.2) is 0 Å². The van der Waals surface area contributed by atoms with Crippen LogP contribution in [0.15, 0.2) is 0 Å². The second-order valence-corrected chi connectivity index (χ2v) is 8.91. The van der Waals surface area contributed by atoms with Crippen molar-refractivity contribution in [3.05, 3.63) is 0 Å². The fourth-order valence-electron chi connectivity index (χ4n) is 12.2. The molecule has 0 radical (unpaired) electrons. The summed E-state index contributed by atoms with van der Waals surface area (Å²) in [6.45, 7) is 0. The van der Waals surface area contributed by atoms with Crippen LogP contribution >= 0.6 is 0 Å². The molecule has 0 bridgehead atoms. The molecule has 0 N–H and O–H groups in total. The minimum Gasteiger partial charge on any atom is -0.0461 e.